The lowest BCUT2D eigenvalue weighted by Crippen LogP contribution is -2.06. The van der Waals surface area contributed by atoms with E-state index in [2.05, 4.69) is 17.2 Å². The summed E-state index contributed by atoms with van der Waals surface area (Å²) in [5.74, 6) is 0.900. The van der Waals surface area contributed by atoms with Crippen LogP contribution in [-0.2, 0) is 13.5 Å². The SMILES string of the molecule is COc1ccc(-c2cc(CCN)n(C)n2)cc1C. The van der Waals surface area contributed by atoms with E-state index in [1.165, 1.54) is 0 Å². The summed E-state index contributed by atoms with van der Waals surface area (Å²) in [5, 5.41) is 4.52. The first-order valence-electron chi connectivity index (χ1n) is 6.03. The van der Waals surface area contributed by atoms with Crippen LogP contribution in [0.2, 0.25) is 0 Å². The number of ether oxygens (including phenoxy) is 1. The van der Waals surface area contributed by atoms with E-state index in [0.29, 0.717) is 6.54 Å². The molecule has 4 heteroatoms. The van der Waals surface area contributed by atoms with Crippen molar-refractivity contribution in [2.75, 3.05) is 13.7 Å². The molecule has 4 nitrogen and oxygen atoms in total. The van der Waals surface area contributed by atoms with Crippen molar-refractivity contribution in [3.63, 3.8) is 0 Å². The molecule has 0 fully saturated rings. The minimum absolute atomic E-state index is 0.639. The normalized spacial score (nSPS) is 10.7. The smallest absolute Gasteiger partial charge is 0.121 e. The van der Waals surface area contributed by atoms with Crippen molar-refractivity contribution in [2.45, 2.75) is 13.3 Å². The van der Waals surface area contributed by atoms with Gasteiger partial charge in [0.25, 0.3) is 0 Å². The minimum Gasteiger partial charge on any atom is -0.496 e. The molecule has 2 N–H and O–H groups in total. The number of aromatic nitrogens is 2. The second-order valence-corrected chi connectivity index (χ2v) is 4.37. The predicted octanol–water partition coefficient (Wildman–Crippen LogP) is 1.91. The Hall–Kier alpha value is -1.81. The maximum Gasteiger partial charge on any atom is 0.121 e. The Morgan fingerprint density at radius 3 is 2.72 bits per heavy atom. The van der Waals surface area contributed by atoms with Crippen molar-refractivity contribution in [3.05, 3.63) is 35.5 Å². The van der Waals surface area contributed by atoms with Crippen LogP contribution in [0, 0.1) is 6.92 Å². The Morgan fingerprint density at radius 2 is 2.11 bits per heavy atom. The Labute approximate surface area is 107 Å². The van der Waals surface area contributed by atoms with Gasteiger partial charge in [-0.1, -0.05) is 0 Å². The maximum absolute atomic E-state index is 5.58. The molecule has 0 atom stereocenters. The summed E-state index contributed by atoms with van der Waals surface area (Å²) in [6.07, 6.45) is 0.846. The van der Waals surface area contributed by atoms with Crippen LogP contribution in [0.25, 0.3) is 11.3 Å². The molecule has 2 aromatic rings. The van der Waals surface area contributed by atoms with Gasteiger partial charge in [0, 0.05) is 24.7 Å². The molecule has 0 aliphatic rings. The molecule has 1 aromatic heterocycles. The van der Waals surface area contributed by atoms with Crippen LogP contribution in [-0.4, -0.2) is 23.4 Å². The number of hydrogen-bond donors (Lipinski definition) is 1. The monoisotopic (exact) mass is 245 g/mol. The van der Waals surface area contributed by atoms with Gasteiger partial charge in [0.05, 0.1) is 12.8 Å². The third-order valence-electron chi connectivity index (χ3n) is 3.07. The van der Waals surface area contributed by atoms with Crippen LogP contribution in [0.3, 0.4) is 0 Å². The molecular formula is C14H19N3O. The zero-order valence-corrected chi connectivity index (χ0v) is 11.1. The summed E-state index contributed by atoms with van der Waals surface area (Å²) in [7, 11) is 3.63. The first kappa shape index (κ1) is 12.6. The molecule has 0 aliphatic carbocycles. The van der Waals surface area contributed by atoms with Crippen LogP contribution >= 0.6 is 0 Å². The first-order chi connectivity index (χ1) is 8.65. The van der Waals surface area contributed by atoms with Gasteiger partial charge in [-0.3, -0.25) is 4.68 Å². The molecule has 96 valence electrons. The van der Waals surface area contributed by atoms with Crippen molar-refractivity contribution in [1.82, 2.24) is 9.78 Å². The van der Waals surface area contributed by atoms with E-state index in [4.69, 9.17) is 10.5 Å². The highest BCUT2D eigenvalue weighted by Crippen LogP contribution is 2.25. The summed E-state index contributed by atoms with van der Waals surface area (Å²) < 4.78 is 7.15. The van der Waals surface area contributed by atoms with Gasteiger partial charge in [-0.05, 0) is 43.3 Å². The molecule has 1 heterocycles. The van der Waals surface area contributed by atoms with Crippen LogP contribution in [0.5, 0.6) is 5.75 Å². The molecule has 0 radical (unpaired) electrons. The van der Waals surface area contributed by atoms with E-state index in [9.17, 15) is 0 Å². The van der Waals surface area contributed by atoms with Crippen molar-refractivity contribution in [3.8, 4) is 17.0 Å². The molecule has 0 aliphatic heterocycles. The van der Waals surface area contributed by atoms with Crippen molar-refractivity contribution in [1.29, 1.82) is 0 Å². The van der Waals surface area contributed by atoms with E-state index in [1.807, 2.05) is 30.8 Å². The maximum atomic E-state index is 5.58. The molecule has 0 amide bonds. The zero-order valence-electron chi connectivity index (χ0n) is 11.1. The zero-order chi connectivity index (χ0) is 13.1. The van der Waals surface area contributed by atoms with Crippen LogP contribution in [0.4, 0.5) is 0 Å². The predicted molar refractivity (Wildman–Crippen MR) is 72.7 cm³/mol. The average molecular weight is 245 g/mol. The van der Waals surface area contributed by atoms with E-state index < -0.39 is 0 Å². The number of rotatable bonds is 4. The molecule has 0 unspecified atom stereocenters. The minimum atomic E-state index is 0.639. The van der Waals surface area contributed by atoms with E-state index >= 15 is 0 Å². The third kappa shape index (κ3) is 2.38. The Balaban J connectivity index is 2.36. The molecule has 0 spiro atoms. The number of methoxy groups -OCH3 is 1. The fourth-order valence-corrected chi connectivity index (χ4v) is 2.07. The number of hydrogen-bond acceptors (Lipinski definition) is 3. The second-order valence-electron chi connectivity index (χ2n) is 4.37. The van der Waals surface area contributed by atoms with Gasteiger partial charge in [0.1, 0.15) is 5.75 Å². The molecule has 0 bridgehead atoms. The second kappa shape index (κ2) is 5.23. The molecule has 0 saturated carbocycles. The standard InChI is InChI=1S/C14H19N3O/c1-10-8-11(4-5-14(10)18-3)13-9-12(6-7-15)17(2)16-13/h4-5,8-9H,6-7,15H2,1-3H3. The highest BCUT2D eigenvalue weighted by Gasteiger charge is 2.08. The molecular weight excluding hydrogens is 226 g/mol. The molecule has 0 saturated heterocycles. The largest absolute Gasteiger partial charge is 0.496 e. The van der Waals surface area contributed by atoms with Gasteiger partial charge >= 0.3 is 0 Å². The quantitative estimate of drug-likeness (QED) is 0.895. The summed E-state index contributed by atoms with van der Waals surface area (Å²) in [6.45, 7) is 2.67. The van der Waals surface area contributed by atoms with Crippen LogP contribution in [0.15, 0.2) is 24.3 Å². The lowest BCUT2D eigenvalue weighted by Gasteiger charge is -2.05. The van der Waals surface area contributed by atoms with Gasteiger partial charge in [-0.15, -0.1) is 0 Å². The van der Waals surface area contributed by atoms with Gasteiger partial charge in [0.2, 0.25) is 0 Å². The topological polar surface area (TPSA) is 53.1 Å². The van der Waals surface area contributed by atoms with Crippen LogP contribution in [0.1, 0.15) is 11.3 Å². The number of aryl methyl sites for hydroxylation is 2. The molecule has 1 aromatic carbocycles. The van der Waals surface area contributed by atoms with Gasteiger partial charge in [-0.25, -0.2) is 0 Å². The lowest BCUT2D eigenvalue weighted by atomic mass is 10.1. The highest BCUT2D eigenvalue weighted by atomic mass is 16.5. The Bertz CT molecular complexity index is 546. The van der Waals surface area contributed by atoms with Crippen LogP contribution < -0.4 is 10.5 Å². The Morgan fingerprint density at radius 1 is 1.33 bits per heavy atom. The van der Waals surface area contributed by atoms with Gasteiger partial charge in [0.15, 0.2) is 0 Å². The van der Waals surface area contributed by atoms with Crippen molar-refractivity contribution < 1.29 is 4.74 Å². The van der Waals surface area contributed by atoms with Gasteiger partial charge < -0.3 is 10.5 Å². The first-order valence-corrected chi connectivity index (χ1v) is 6.03. The fraction of sp³-hybridized carbons (Fsp3) is 0.357. The Kier molecular flexibility index (Phi) is 3.67. The number of nitrogens with zero attached hydrogens (tertiary/aromatic N) is 2. The van der Waals surface area contributed by atoms with Crippen molar-refractivity contribution >= 4 is 0 Å². The van der Waals surface area contributed by atoms with E-state index in [0.717, 1.165) is 34.7 Å². The average Bonchev–Trinajstić information content (AvgIpc) is 2.71. The highest BCUT2D eigenvalue weighted by molar-refractivity contribution is 5.62. The summed E-state index contributed by atoms with van der Waals surface area (Å²) in [4.78, 5) is 0. The van der Waals surface area contributed by atoms with Crippen molar-refractivity contribution in [2.24, 2.45) is 12.8 Å². The summed E-state index contributed by atoms with van der Waals surface area (Å²) in [5.41, 5.74) is 9.93. The lowest BCUT2D eigenvalue weighted by molar-refractivity contribution is 0.412. The summed E-state index contributed by atoms with van der Waals surface area (Å²) >= 11 is 0. The van der Waals surface area contributed by atoms with Gasteiger partial charge in [-0.2, -0.15) is 5.10 Å². The van der Waals surface area contributed by atoms with E-state index in [-0.39, 0.29) is 0 Å². The number of nitrogens with two attached hydrogens (primary N) is 1. The fourth-order valence-electron chi connectivity index (χ4n) is 2.07. The number of benzene rings is 1. The van der Waals surface area contributed by atoms with E-state index in [1.54, 1.807) is 7.11 Å². The molecule has 18 heavy (non-hydrogen) atoms. The molecule has 2 rings (SSSR count). The third-order valence-corrected chi connectivity index (χ3v) is 3.07. The summed E-state index contributed by atoms with van der Waals surface area (Å²) in [6, 6.07) is 8.18.